The normalized spacial score (nSPS) is 11.7. The maximum Gasteiger partial charge on any atom is 0.249 e. The monoisotopic (exact) mass is 476 g/mol. The standard InChI is InChI=1S/C31H28N2O3/c1-5-35-30-21(4)31-26(27(18-36-31)24-12-8-10-22-9-6-7-11-23(22)24)17-25(30)20(3)16-29(34)33-28-15-19(2)13-14-32-28/h6-18H,5H2,1-4H3,(H,32,33,34)/b20-16+. The van der Waals surface area contributed by atoms with Crippen LogP contribution in [0.2, 0.25) is 0 Å². The number of nitrogens with zero attached hydrogens (tertiary/aromatic N) is 1. The van der Waals surface area contributed by atoms with E-state index in [-0.39, 0.29) is 5.91 Å². The van der Waals surface area contributed by atoms with Crippen LogP contribution in [0.3, 0.4) is 0 Å². The summed E-state index contributed by atoms with van der Waals surface area (Å²) in [5.41, 5.74) is 6.48. The van der Waals surface area contributed by atoms with E-state index in [0.29, 0.717) is 12.4 Å². The predicted molar refractivity (Wildman–Crippen MR) is 146 cm³/mol. The lowest BCUT2D eigenvalue weighted by atomic mass is 9.94. The second-order valence-corrected chi connectivity index (χ2v) is 8.90. The highest BCUT2D eigenvalue weighted by molar-refractivity contribution is 6.08. The molecule has 0 atom stereocenters. The number of carbonyl (C=O) groups is 1. The van der Waals surface area contributed by atoms with Gasteiger partial charge in [-0.25, -0.2) is 4.98 Å². The number of aryl methyl sites for hydroxylation is 2. The number of hydrogen-bond donors (Lipinski definition) is 1. The summed E-state index contributed by atoms with van der Waals surface area (Å²) in [6, 6.07) is 20.4. The van der Waals surface area contributed by atoms with Crippen molar-refractivity contribution in [1.29, 1.82) is 0 Å². The quantitative estimate of drug-likeness (QED) is 0.255. The van der Waals surface area contributed by atoms with Crippen LogP contribution < -0.4 is 10.1 Å². The van der Waals surface area contributed by atoms with Gasteiger partial charge in [-0.05, 0) is 73.4 Å². The summed E-state index contributed by atoms with van der Waals surface area (Å²) in [5, 5.41) is 6.17. The van der Waals surface area contributed by atoms with Crippen LogP contribution >= 0.6 is 0 Å². The summed E-state index contributed by atoms with van der Waals surface area (Å²) in [5.74, 6) is 1.00. The molecule has 2 aromatic heterocycles. The number of hydrogen-bond acceptors (Lipinski definition) is 4. The Morgan fingerprint density at radius 3 is 2.64 bits per heavy atom. The molecule has 5 aromatic rings. The summed E-state index contributed by atoms with van der Waals surface area (Å²) in [6.07, 6.45) is 5.08. The van der Waals surface area contributed by atoms with Gasteiger partial charge in [0.2, 0.25) is 5.91 Å². The molecule has 1 N–H and O–H groups in total. The molecule has 36 heavy (non-hydrogen) atoms. The molecule has 1 amide bonds. The van der Waals surface area contributed by atoms with Crippen LogP contribution in [-0.4, -0.2) is 17.5 Å². The smallest absolute Gasteiger partial charge is 0.249 e. The third-order valence-electron chi connectivity index (χ3n) is 6.35. The predicted octanol–water partition coefficient (Wildman–Crippen LogP) is 7.71. The van der Waals surface area contributed by atoms with E-state index in [0.717, 1.165) is 55.5 Å². The third kappa shape index (κ3) is 4.36. The maximum atomic E-state index is 12.8. The first-order valence-electron chi connectivity index (χ1n) is 12.0. The van der Waals surface area contributed by atoms with Gasteiger partial charge in [0.1, 0.15) is 17.2 Å². The van der Waals surface area contributed by atoms with Gasteiger partial charge in [0, 0.05) is 34.3 Å². The number of allylic oxidation sites excluding steroid dienone is 1. The lowest BCUT2D eigenvalue weighted by molar-refractivity contribution is -0.111. The van der Waals surface area contributed by atoms with E-state index >= 15 is 0 Å². The first-order chi connectivity index (χ1) is 17.5. The number of nitrogens with one attached hydrogen (secondary N) is 1. The van der Waals surface area contributed by atoms with Crippen molar-refractivity contribution in [3.63, 3.8) is 0 Å². The zero-order valence-corrected chi connectivity index (χ0v) is 20.9. The topological polar surface area (TPSA) is 64.4 Å². The number of furan rings is 1. The van der Waals surface area contributed by atoms with Crippen LogP contribution in [-0.2, 0) is 4.79 Å². The van der Waals surface area contributed by atoms with Gasteiger partial charge in [0.25, 0.3) is 0 Å². The zero-order valence-electron chi connectivity index (χ0n) is 20.9. The molecule has 0 saturated heterocycles. The van der Waals surface area contributed by atoms with Gasteiger partial charge in [-0.1, -0.05) is 42.5 Å². The molecule has 5 rings (SSSR count). The molecular weight excluding hydrogens is 448 g/mol. The molecule has 0 bridgehead atoms. The van der Waals surface area contributed by atoms with Crippen molar-refractivity contribution in [1.82, 2.24) is 4.98 Å². The highest BCUT2D eigenvalue weighted by atomic mass is 16.5. The fourth-order valence-corrected chi connectivity index (χ4v) is 4.65. The van der Waals surface area contributed by atoms with E-state index in [1.54, 1.807) is 12.3 Å². The molecule has 0 spiro atoms. The second kappa shape index (κ2) is 9.70. The van der Waals surface area contributed by atoms with Gasteiger partial charge in [0.05, 0.1) is 12.9 Å². The van der Waals surface area contributed by atoms with Crippen molar-refractivity contribution >= 4 is 39.0 Å². The minimum Gasteiger partial charge on any atom is -0.493 e. The average molecular weight is 477 g/mol. The Morgan fingerprint density at radius 2 is 1.83 bits per heavy atom. The molecule has 3 aromatic carbocycles. The van der Waals surface area contributed by atoms with Gasteiger partial charge in [-0.15, -0.1) is 0 Å². The SMILES string of the molecule is CCOc1c(/C(C)=C/C(=O)Nc2cc(C)ccn2)cc2c(-c3cccc4ccccc34)coc2c1C. The molecule has 5 nitrogen and oxygen atoms in total. The average Bonchev–Trinajstić information content (AvgIpc) is 3.29. The number of fused-ring (bicyclic) bond motifs is 2. The fourth-order valence-electron chi connectivity index (χ4n) is 4.65. The minimum atomic E-state index is -0.243. The van der Waals surface area contributed by atoms with E-state index in [1.165, 1.54) is 5.39 Å². The number of carbonyl (C=O) groups excluding carboxylic acids is 1. The van der Waals surface area contributed by atoms with Crippen molar-refractivity contribution in [2.24, 2.45) is 0 Å². The van der Waals surface area contributed by atoms with Crippen molar-refractivity contribution in [3.05, 3.63) is 95.9 Å². The third-order valence-corrected chi connectivity index (χ3v) is 6.35. The Balaban J connectivity index is 1.63. The van der Waals surface area contributed by atoms with Gasteiger partial charge < -0.3 is 14.5 Å². The van der Waals surface area contributed by atoms with E-state index in [1.807, 2.05) is 58.2 Å². The second-order valence-electron chi connectivity index (χ2n) is 8.90. The van der Waals surface area contributed by atoms with Crippen LogP contribution in [0.15, 0.2) is 83.6 Å². The van der Waals surface area contributed by atoms with E-state index in [9.17, 15) is 4.79 Å². The molecular formula is C31H28N2O3. The van der Waals surface area contributed by atoms with Gasteiger partial charge in [-0.2, -0.15) is 0 Å². The van der Waals surface area contributed by atoms with Crippen molar-refractivity contribution < 1.29 is 13.9 Å². The number of ether oxygens (including phenoxy) is 1. The van der Waals surface area contributed by atoms with Gasteiger partial charge >= 0.3 is 0 Å². The molecule has 0 radical (unpaired) electrons. The molecule has 2 heterocycles. The maximum absolute atomic E-state index is 12.8. The summed E-state index contributed by atoms with van der Waals surface area (Å²) in [7, 11) is 0. The summed E-state index contributed by atoms with van der Waals surface area (Å²) < 4.78 is 12.1. The first kappa shape index (κ1) is 23.4. The lowest BCUT2D eigenvalue weighted by Crippen LogP contribution is -2.10. The molecule has 0 aliphatic rings. The molecule has 0 saturated carbocycles. The van der Waals surface area contributed by atoms with Gasteiger partial charge in [-0.3, -0.25) is 4.79 Å². The van der Waals surface area contributed by atoms with Crippen molar-refractivity contribution in [2.75, 3.05) is 11.9 Å². The van der Waals surface area contributed by atoms with Crippen LogP contribution in [0, 0.1) is 13.8 Å². The molecule has 0 aliphatic heterocycles. The fraction of sp³-hybridized carbons (Fsp3) is 0.161. The van der Waals surface area contributed by atoms with Crippen LogP contribution in [0.4, 0.5) is 5.82 Å². The van der Waals surface area contributed by atoms with Crippen molar-refractivity contribution in [2.45, 2.75) is 27.7 Å². The Morgan fingerprint density at radius 1 is 1.03 bits per heavy atom. The minimum absolute atomic E-state index is 0.243. The number of benzene rings is 3. The van der Waals surface area contributed by atoms with Gasteiger partial charge in [0.15, 0.2) is 0 Å². The number of aromatic nitrogens is 1. The van der Waals surface area contributed by atoms with Crippen LogP contribution in [0.5, 0.6) is 5.75 Å². The van der Waals surface area contributed by atoms with E-state index < -0.39 is 0 Å². The number of rotatable bonds is 6. The Bertz CT molecular complexity index is 1620. The van der Waals surface area contributed by atoms with Crippen LogP contribution in [0.1, 0.15) is 30.5 Å². The largest absolute Gasteiger partial charge is 0.493 e. The Hall–Kier alpha value is -4.38. The first-order valence-corrected chi connectivity index (χ1v) is 12.0. The van der Waals surface area contributed by atoms with Crippen LogP contribution in [0.25, 0.3) is 38.4 Å². The Kier molecular flexibility index (Phi) is 6.30. The highest BCUT2D eigenvalue weighted by Crippen LogP contribution is 2.42. The zero-order chi connectivity index (χ0) is 25.2. The summed E-state index contributed by atoms with van der Waals surface area (Å²) >= 11 is 0. The number of anilines is 1. The number of amides is 1. The summed E-state index contributed by atoms with van der Waals surface area (Å²) in [6.45, 7) is 8.33. The molecule has 180 valence electrons. The van der Waals surface area contributed by atoms with Crippen molar-refractivity contribution in [3.8, 4) is 16.9 Å². The Labute approximate surface area is 210 Å². The van der Waals surface area contributed by atoms with E-state index in [2.05, 4.69) is 46.7 Å². The molecule has 0 fully saturated rings. The summed E-state index contributed by atoms with van der Waals surface area (Å²) in [4.78, 5) is 17.0. The lowest BCUT2D eigenvalue weighted by Gasteiger charge is -2.15. The molecule has 5 heteroatoms. The molecule has 0 aliphatic carbocycles. The molecule has 0 unspecified atom stereocenters. The van der Waals surface area contributed by atoms with E-state index in [4.69, 9.17) is 9.15 Å². The number of pyridine rings is 1. The highest BCUT2D eigenvalue weighted by Gasteiger charge is 2.20.